The van der Waals surface area contributed by atoms with Gasteiger partial charge in [-0.3, -0.25) is 4.79 Å². The molecule has 0 bridgehead atoms. The van der Waals surface area contributed by atoms with Gasteiger partial charge in [-0.15, -0.1) is 0 Å². The molecule has 2 atom stereocenters. The monoisotopic (exact) mass is 220 g/mol. The highest BCUT2D eigenvalue weighted by Crippen LogP contribution is 2.21. The number of hydrogen-bond donors (Lipinski definition) is 0. The van der Waals surface area contributed by atoms with Gasteiger partial charge in [0.15, 0.2) is 0 Å². The van der Waals surface area contributed by atoms with Crippen LogP contribution < -0.4 is 0 Å². The van der Waals surface area contributed by atoms with E-state index in [1.54, 1.807) is 0 Å². The maximum absolute atomic E-state index is 11.9. The van der Waals surface area contributed by atoms with Crippen molar-refractivity contribution in [2.24, 2.45) is 0 Å². The van der Waals surface area contributed by atoms with Crippen LogP contribution in [0.3, 0.4) is 0 Å². The van der Waals surface area contributed by atoms with Crippen molar-refractivity contribution in [3.63, 3.8) is 0 Å². The molecule has 0 amide bonds. The number of hydrogen-bond acceptors (Lipinski definition) is 2. The Labute approximate surface area is 97.6 Å². The van der Waals surface area contributed by atoms with E-state index in [0.717, 1.165) is 18.4 Å². The van der Waals surface area contributed by atoms with Crippen LogP contribution in [-0.2, 0) is 9.53 Å². The Hall–Kier alpha value is -1.31. The third-order valence-electron chi connectivity index (χ3n) is 2.79. The molecule has 0 aliphatic carbocycles. The average molecular weight is 220 g/mol. The zero-order chi connectivity index (χ0) is 12.0. The summed E-state index contributed by atoms with van der Waals surface area (Å²) in [5, 5.41) is 0. The number of ether oxygens (including phenoxy) is 1. The predicted octanol–water partition coefficient (Wildman–Crippen LogP) is 3.52. The van der Waals surface area contributed by atoms with Gasteiger partial charge in [0.25, 0.3) is 0 Å². The largest absolute Gasteiger partial charge is 0.462 e. The molecule has 2 heteroatoms. The lowest BCUT2D eigenvalue weighted by Gasteiger charge is -2.17. The average Bonchev–Trinajstić information content (AvgIpc) is 2.31. The first-order chi connectivity index (χ1) is 7.69. The summed E-state index contributed by atoms with van der Waals surface area (Å²) in [6.45, 7) is 5.95. The second-order valence-electron chi connectivity index (χ2n) is 4.03. The lowest BCUT2D eigenvalue weighted by atomic mass is 9.97. The van der Waals surface area contributed by atoms with E-state index in [1.165, 1.54) is 0 Å². The molecule has 0 aliphatic rings. The van der Waals surface area contributed by atoms with Gasteiger partial charge in [-0.1, -0.05) is 44.2 Å². The van der Waals surface area contributed by atoms with Gasteiger partial charge in [-0.25, -0.2) is 0 Å². The maximum atomic E-state index is 11.9. The van der Waals surface area contributed by atoms with Crippen molar-refractivity contribution in [3.05, 3.63) is 35.9 Å². The Bertz CT molecular complexity index is 319. The van der Waals surface area contributed by atoms with Crippen LogP contribution in [0.1, 0.15) is 45.1 Å². The number of rotatable bonds is 5. The summed E-state index contributed by atoms with van der Waals surface area (Å²) >= 11 is 0. The molecule has 0 spiro atoms. The van der Waals surface area contributed by atoms with Gasteiger partial charge < -0.3 is 4.74 Å². The summed E-state index contributed by atoms with van der Waals surface area (Å²) in [5.41, 5.74) is 1.04. The van der Waals surface area contributed by atoms with Crippen LogP contribution in [0.15, 0.2) is 30.3 Å². The zero-order valence-corrected chi connectivity index (χ0v) is 10.3. The molecule has 2 unspecified atom stereocenters. The van der Waals surface area contributed by atoms with Crippen LogP contribution in [0, 0.1) is 0 Å². The quantitative estimate of drug-likeness (QED) is 0.710. The molecule has 0 N–H and O–H groups in total. The van der Waals surface area contributed by atoms with Crippen LogP contribution in [0.5, 0.6) is 0 Å². The van der Waals surface area contributed by atoms with Crippen molar-refractivity contribution >= 4 is 5.97 Å². The fourth-order valence-electron chi connectivity index (χ4n) is 1.59. The summed E-state index contributed by atoms with van der Waals surface area (Å²) in [6.07, 6.45) is 1.64. The van der Waals surface area contributed by atoms with E-state index in [0.29, 0.717) is 0 Å². The van der Waals surface area contributed by atoms with E-state index in [9.17, 15) is 4.79 Å². The van der Waals surface area contributed by atoms with Crippen molar-refractivity contribution in [3.8, 4) is 0 Å². The molecular weight excluding hydrogens is 200 g/mol. The summed E-state index contributed by atoms with van der Waals surface area (Å²) in [4.78, 5) is 11.9. The van der Waals surface area contributed by atoms with E-state index < -0.39 is 0 Å². The summed E-state index contributed by atoms with van der Waals surface area (Å²) in [5.74, 6) is -0.238. The molecule has 16 heavy (non-hydrogen) atoms. The van der Waals surface area contributed by atoms with Gasteiger partial charge in [-0.05, 0) is 25.3 Å². The minimum absolute atomic E-state index is 0.00487. The van der Waals surface area contributed by atoms with Crippen molar-refractivity contribution in [2.45, 2.75) is 45.6 Å². The van der Waals surface area contributed by atoms with Gasteiger partial charge >= 0.3 is 5.97 Å². The zero-order valence-electron chi connectivity index (χ0n) is 10.3. The molecule has 0 radical (unpaired) electrons. The first-order valence-corrected chi connectivity index (χ1v) is 5.94. The third-order valence-corrected chi connectivity index (χ3v) is 2.79. The molecule has 2 nitrogen and oxygen atoms in total. The van der Waals surface area contributed by atoms with E-state index in [-0.39, 0.29) is 18.0 Å². The SMILES string of the molecule is CCC(C)OC(=O)C(CC)c1ccccc1. The lowest BCUT2D eigenvalue weighted by molar-refractivity contribution is -0.150. The van der Waals surface area contributed by atoms with E-state index in [4.69, 9.17) is 4.74 Å². The smallest absolute Gasteiger partial charge is 0.313 e. The van der Waals surface area contributed by atoms with E-state index in [1.807, 2.05) is 51.1 Å². The number of benzene rings is 1. The van der Waals surface area contributed by atoms with Crippen LogP contribution in [-0.4, -0.2) is 12.1 Å². The summed E-state index contributed by atoms with van der Waals surface area (Å²) in [6, 6.07) is 9.82. The molecule has 1 aromatic carbocycles. The van der Waals surface area contributed by atoms with Crippen molar-refractivity contribution in [1.82, 2.24) is 0 Å². The van der Waals surface area contributed by atoms with Gasteiger partial charge in [0.2, 0.25) is 0 Å². The Morgan fingerprint density at radius 2 is 1.81 bits per heavy atom. The molecule has 0 fully saturated rings. The topological polar surface area (TPSA) is 26.3 Å². The predicted molar refractivity (Wildman–Crippen MR) is 65.3 cm³/mol. The molecule has 0 aliphatic heterocycles. The Kier molecular flexibility index (Phi) is 5.03. The molecule has 1 aromatic rings. The second-order valence-corrected chi connectivity index (χ2v) is 4.03. The van der Waals surface area contributed by atoms with Gasteiger partial charge in [0.05, 0.1) is 12.0 Å². The molecule has 0 heterocycles. The first kappa shape index (κ1) is 12.8. The fraction of sp³-hybridized carbons (Fsp3) is 0.500. The Morgan fingerprint density at radius 1 is 1.19 bits per heavy atom. The molecule has 88 valence electrons. The Balaban J connectivity index is 2.71. The minimum Gasteiger partial charge on any atom is -0.462 e. The summed E-state index contributed by atoms with van der Waals surface area (Å²) in [7, 11) is 0. The second kappa shape index (κ2) is 6.31. The highest BCUT2D eigenvalue weighted by Gasteiger charge is 2.21. The first-order valence-electron chi connectivity index (χ1n) is 5.94. The van der Waals surface area contributed by atoms with Crippen LogP contribution in [0.25, 0.3) is 0 Å². The number of carbonyl (C=O) groups is 1. The standard InChI is InChI=1S/C14H20O2/c1-4-11(3)16-14(15)13(5-2)12-9-7-6-8-10-12/h6-11,13H,4-5H2,1-3H3. The van der Waals surface area contributed by atoms with Gasteiger partial charge in [0.1, 0.15) is 0 Å². The maximum Gasteiger partial charge on any atom is 0.313 e. The molecule has 0 saturated heterocycles. The third kappa shape index (κ3) is 3.37. The van der Waals surface area contributed by atoms with Crippen LogP contribution in [0.4, 0.5) is 0 Å². The highest BCUT2D eigenvalue weighted by molar-refractivity contribution is 5.78. The van der Waals surface area contributed by atoms with Gasteiger partial charge in [-0.2, -0.15) is 0 Å². The van der Waals surface area contributed by atoms with Crippen molar-refractivity contribution < 1.29 is 9.53 Å². The van der Waals surface area contributed by atoms with E-state index >= 15 is 0 Å². The summed E-state index contributed by atoms with van der Waals surface area (Å²) < 4.78 is 5.37. The molecule has 1 rings (SSSR count). The van der Waals surface area contributed by atoms with Crippen molar-refractivity contribution in [1.29, 1.82) is 0 Å². The molecule has 0 aromatic heterocycles. The lowest BCUT2D eigenvalue weighted by Crippen LogP contribution is -2.20. The number of esters is 1. The Morgan fingerprint density at radius 3 is 2.31 bits per heavy atom. The molecular formula is C14H20O2. The fourth-order valence-corrected chi connectivity index (χ4v) is 1.59. The van der Waals surface area contributed by atoms with Crippen molar-refractivity contribution in [2.75, 3.05) is 0 Å². The molecule has 0 saturated carbocycles. The highest BCUT2D eigenvalue weighted by atomic mass is 16.5. The van der Waals surface area contributed by atoms with Crippen LogP contribution in [0.2, 0.25) is 0 Å². The van der Waals surface area contributed by atoms with Crippen LogP contribution >= 0.6 is 0 Å². The van der Waals surface area contributed by atoms with E-state index in [2.05, 4.69) is 0 Å². The number of carbonyl (C=O) groups excluding carboxylic acids is 1. The minimum atomic E-state index is -0.129. The normalized spacial score (nSPS) is 14.2. The van der Waals surface area contributed by atoms with Gasteiger partial charge in [0, 0.05) is 0 Å².